The molecular formula is C15H25NO5. The van der Waals surface area contributed by atoms with Crippen LogP contribution in [0, 0.1) is 5.92 Å². The molecule has 120 valence electrons. The predicted molar refractivity (Wildman–Crippen MR) is 75.5 cm³/mol. The Balaban J connectivity index is 2.18. The van der Waals surface area contributed by atoms with Gasteiger partial charge in [-0.15, -0.1) is 0 Å². The third-order valence-corrected chi connectivity index (χ3v) is 4.79. The Kier molecular flexibility index (Phi) is 5.58. The zero-order valence-corrected chi connectivity index (χ0v) is 12.8. The van der Waals surface area contributed by atoms with Crippen molar-refractivity contribution in [2.75, 3.05) is 20.8 Å². The number of esters is 2. The van der Waals surface area contributed by atoms with Crippen molar-refractivity contribution in [3.05, 3.63) is 0 Å². The molecule has 2 fully saturated rings. The van der Waals surface area contributed by atoms with Crippen molar-refractivity contribution in [2.24, 2.45) is 5.92 Å². The molecule has 0 amide bonds. The number of methoxy groups -OCH3 is 2. The first-order valence-corrected chi connectivity index (χ1v) is 7.63. The monoisotopic (exact) mass is 299 g/mol. The van der Waals surface area contributed by atoms with Crippen molar-refractivity contribution in [2.45, 2.75) is 56.7 Å². The van der Waals surface area contributed by atoms with Gasteiger partial charge in [-0.05, 0) is 38.5 Å². The van der Waals surface area contributed by atoms with Gasteiger partial charge in [-0.2, -0.15) is 0 Å². The molecule has 2 saturated heterocycles. The Labute approximate surface area is 125 Å². The average molecular weight is 299 g/mol. The number of carbonyl (C=O) groups is 2. The minimum Gasteiger partial charge on any atom is -0.469 e. The van der Waals surface area contributed by atoms with Gasteiger partial charge < -0.3 is 14.6 Å². The molecule has 4 unspecified atom stereocenters. The number of aliphatic hydroxyl groups excluding tert-OH is 1. The van der Waals surface area contributed by atoms with Gasteiger partial charge >= 0.3 is 11.9 Å². The molecule has 2 aliphatic heterocycles. The van der Waals surface area contributed by atoms with Crippen LogP contribution in [-0.4, -0.2) is 60.9 Å². The summed E-state index contributed by atoms with van der Waals surface area (Å²) in [6, 6.07) is 0.249. The van der Waals surface area contributed by atoms with E-state index in [1.807, 2.05) is 0 Å². The standard InChI is InChI=1S/C15H25NO5/c1-20-14(18)9-16-11-4-3-10(15(19)21-2)7-12(16)8-13(17)6-5-11/h10-13,17H,3-9H2,1-2H3. The van der Waals surface area contributed by atoms with Gasteiger partial charge in [0.25, 0.3) is 0 Å². The number of fused-ring (bicyclic) bond motifs is 2. The van der Waals surface area contributed by atoms with Gasteiger partial charge in [0.2, 0.25) is 0 Å². The predicted octanol–water partition coefficient (Wildman–Crippen LogP) is 0.716. The van der Waals surface area contributed by atoms with Gasteiger partial charge in [-0.3, -0.25) is 14.5 Å². The maximum absolute atomic E-state index is 11.9. The SMILES string of the molecule is COC(=O)CN1C2CCC(O)CC1CC(C(=O)OC)CC2. The summed E-state index contributed by atoms with van der Waals surface area (Å²) in [5.74, 6) is -0.595. The van der Waals surface area contributed by atoms with E-state index >= 15 is 0 Å². The van der Waals surface area contributed by atoms with E-state index in [1.165, 1.54) is 14.2 Å². The van der Waals surface area contributed by atoms with Crippen molar-refractivity contribution >= 4 is 11.9 Å². The van der Waals surface area contributed by atoms with E-state index in [2.05, 4.69) is 4.90 Å². The number of nitrogens with zero attached hydrogens (tertiary/aromatic N) is 1. The van der Waals surface area contributed by atoms with Gasteiger partial charge in [0.15, 0.2) is 0 Å². The molecule has 2 aliphatic rings. The lowest BCUT2D eigenvalue weighted by Gasteiger charge is -2.33. The third-order valence-electron chi connectivity index (χ3n) is 4.79. The van der Waals surface area contributed by atoms with E-state index in [0.29, 0.717) is 12.8 Å². The van der Waals surface area contributed by atoms with Crippen LogP contribution in [0.2, 0.25) is 0 Å². The van der Waals surface area contributed by atoms with Crippen LogP contribution < -0.4 is 0 Å². The van der Waals surface area contributed by atoms with Crippen LogP contribution in [0.15, 0.2) is 0 Å². The maximum atomic E-state index is 11.9. The van der Waals surface area contributed by atoms with Crippen molar-refractivity contribution < 1.29 is 24.2 Å². The molecule has 1 N–H and O–H groups in total. The molecule has 0 aromatic rings. The summed E-state index contributed by atoms with van der Waals surface area (Å²) in [7, 11) is 2.79. The topological polar surface area (TPSA) is 76.1 Å². The van der Waals surface area contributed by atoms with Crippen LogP contribution >= 0.6 is 0 Å². The first-order valence-electron chi connectivity index (χ1n) is 7.63. The minimum absolute atomic E-state index is 0.0261. The van der Waals surface area contributed by atoms with E-state index in [-0.39, 0.29) is 42.6 Å². The summed E-state index contributed by atoms with van der Waals surface area (Å²) in [5.41, 5.74) is 0. The second-order valence-electron chi connectivity index (χ2n) is 6.06. The van der Waals surface area contributed by atoms with E-state index in [4.69, 9.17) is 9.47 Å². The van der Waals surface area contributed by atoms with Gasteiger partial charge in [-0.25, -0.2) is 0 Å². The van der Waals surface area contributed by atoms with Crippen LogP contribution in [0.3, 0.4) is 0 Å². The quantitative estimate of drug-likeness (QED) is 0.774. The molecule has 21 heavy (non-hydrogen) atoms. The molecule has 2 heterocycles. The number of ether oxygens (including phenoxy) is 2. The molecule has 2 bridgehead atoms. The normalized spacial score (nSPS) is 33.7. The van der Waals surface area contributed by atoms with Crippen molar-refractivity contribution in [1.29, 1.82) is 0 Å². The Morgan fingerprint density at radius 3 is 2.43 bits per heavy atom. The van der Waals surface area contributed by atoms with Crippen molar-refractivity contribution in [1.82, 2.24) is 4.90 Å². The Hall–Kier alpha value is -1.14. The summed E-state index contributed by atoms with van der Waals surface area (Å²) in [4.78, 5) is 25.7. The summed E-state index contributed by atoms with van der Waals surface area (Å²) in [5, 5.41) is 10.1. The van der Waals surface area contributed by atoms with Crippen LogP contribution in [-0.2, 0) is 19.1 Å². The number of carbonyl (C=O) groups excluding carboxylic acids is 2. The lowest BCUT2D eigenvalue weighted by atomic mass is 9.91. The highest BCUT2D eigenvalue weighted by atomic mass is 16.5. The molecular weight excluding hydrogens is 274 g/mol. The third kappa shape index (κ3) is 3.95. The lowest BCUT2D eigenvalue weighted by Crippen LogP contribution is -2.45. The molecule has 0 aromatic heterocycles. The highest BCUT2D eigenvalue weighted by Gasteiger charge is 2.39. The minimum atomic E-state index is -0.364. The summed E-state index contributed by atoms with van der Waals surface area (Å²) in [6.07, 6.45) is 4.10. The first kappa shape index (κ1) is 16.2. The molecule has 4 atom stereocenters. The van der Waals surface area contributed by atoms with Gasteiger partial charge in [-0.1, -0.05) is 0 Å². The van der Waals surface area contributed by atoms with Gasteiger partial charge in [0.05, 0.1) is 32.8 Å². The largest absolute Gasteiger partial charge is 0.469 e. The number of hydrogen-bond acceptors (Lipinski definition) is 6. The fourth-order valence-corrected chi connectivity index (χ4v) is 3.65. The highest BCUT2D eigenvalue weighted by Crippen LogP contribution is 2.34. The van der Waals surface area contributed by atoms with Crippen LogP contribution in [0.25, 0.3) is 0 Å². The summed E-state index contributed by atoms with van der Waals surface area (Å²) < 4.78 is 9.67. The average Bonchev–Trinajstić information content (AvgIpc) is 2.73. The highest BCUT2D eigenvalue weighted by molar-refractivity contribution is 5.73. The molecule has 0 aliphatic carbocycles. The molecule has 0 spiro atoms. The smallest absolute Gasteiger partial charge is 0.319 e. The van der Waals surface area contributed by atoms with E-state index in [9.17, 15) is 14.7 Å². The Bertz CT molecular complexity index is 386. The number of aliphatic hydroxyl groups is 1. The van der Waals surface area contributed by atoms with E-state index in [1.54, 1.807) is 0 Å². The van der Waals surface area contributed by atoms with Crippen LogP contribution in [0.1, 0.15) is 38.5 Å². The number of rotatable bonds is 3. The summed E-state index contributed by atoms with van der Waals surface area (Å²) >= 11 is 0. The van der Waals surface area contributed by atoms with Gasteiger partial charge in [0.1, 0.15) is 0 Å². The van der Waals surface area contributed by atoms with Crippen molar-refractivity contribution in [3.63, 3.8) is 0 Å². The Morgan fingerprint density at radius 1 is 1.05 bits per heavy atom. The Morgan fingerprint density at radius 2 is 1.76 bits per heavy atom. The lowest BCUT2D eigenvalue weighted by molar-refractivity contribution is -0.146. The maximum Gasteiger partial charge on any atom is 0.319 e. The van der Waals surface area contributed by atoms with Gasteiger partial charge in [0, 0.05) is 12.1 Å². The van der Waals surface area contributed by atoms with E-state index in [0.717, 1.165) is 25.7 Å². The fourth-order valence-electron chi connectivity index (χ4n) is 3.65. The molecule has 0 aromatic carbocycles. The fraction of sp³-hybridized carbons (Fsp3) is 0.867. The van der Waals surface area contributed by atoms with Crippen LogP contribution in [0.5, 0.6) is 0 Å². The second kappa shape index (κ2) is 7.22. The molecule has 6 nitrogen and oxygen atoms in total. The molecule has 2 rings (SSSR count). The van der Waals surface area contributed by atoms with E-state index < -0.39 is 0 Å². The number of hydrogen-bond donors (Lipinski definition) is 1. The second-order valence-corrected chi connectivity index (χ2v) is 6.06. The molecule has 6 heteroatoms. The van der Waals surface area contributed by atoms with Crippen LogP contribution in [0.4, 0.5) is 0 Å². The summed E-state index contributed by atoms with van der Waals surface area (Å²) in [6.45, 7) is 0.229. The molecule has 0 saturated carbocycles. The van der Waals surface area contributed by atoms with Crippen molar-refractivity contribution in [3.8, 4) is 0 Å². The zero-order valence-electron chi connectivity index (χ0n) is 12.8. The zero-order chi connectivity index (χ0) is 15.4. The first-order chi connectivity index (χ1) is 10.0. The molecule has 0 radical (unpaired) electrons.